The number of hydrogen-bond donors (Lipinski definition) is 1. The SMILES string of the molecule is Cc1cc(C2CCOCC2)oc(=O)c1C(=O)Nc1cccc(OC(F)(F)F)c1. The number of nitrogens with one attached hydrogen (secondary N) is 1. The molecule has 1 aromatic heterocycles. The zero-order chi connectivity index (χ0) is 20.3. The van der Waals surface area contributed by atoms with Crippen LogP contribution < -0.4 is 15.7 Å². The van der Waals surface area contributed by atoms with Crippen LogP contribution in [0.25, 0.3) is 0 Å². The summed E-state index contributed by atoms with van der Waals surface area (Å²) in [5.74, 6) is -0.700. The van der Waals surface area contributed by atoms with Crippen molar-refractivity contribution in [3.63, 3.8) is 0 Å². The number of rotatable bonds is 4. The molecule has 0 unspecified atom stereocenters. The topological polar surface area (TPSA) is 77.8 Å². The number of aryl methyl sites for hydroxylation is 1. The van der Waals surface area contributed by atoms with Crippen LogP contribution in [-0.4, -0.2) is 25.5 Å². The summed E-state index contributed by atoms with van der Waals surface area (Å²) in [6, 6.07) is 6.44. The van der Waals surface area contributed by atoms with Crippen molar-refractivity contribution in [2.75, 3.05) is 18.5 Å². The van der Waals surface area contributed by atoms with E-state index in [2.05, 4.69) is 10.1 Å². The summed E-state index contributed by atoms with van der Waals surface area (Å²) in [4.78, 5) is 24.8. The lowest BCUT2D eigenvalue weighted by molar-refractivity contribution is -0.274. The van der Waals surface area contributed by atoms with Crippen molar-refractivity contribution in [3.8, 4) is 5.75 Å². The molecule has 0 saturated carbocycles. The van der Waals surface area contributed by atoms with E-state index in [9.17, 15) is 22.8 Å². The summed E-state index contributed by atoms with van der Waals surface area (Å²) in [5, 5.41) is 2.40. The Bertz CT molecular complexity index is 917. The van der Waals surface area contributed by atoms with Gasteiger partial charge in [-0.05, 0) is 43.5 Å². The summed E-state index contributed by atoms with van der Waals surface area (Å²) < 4.78 is 51.4. The maximum Gasteiger partial charge on any atom is 0.573 e. The molecule has 150 valence electrons. The molecule has 0 radical (unpaired) electrons. The molecule has 0 aliphatic carbocycles. The Labute approximate surface area is 158 Å². The minimum Gasteiger partial charge on any atom is -0.427 e. The van der Waals surface area contributed by atoms with E-state index in [0.29, 0.717) is 24.5 Å². The Hall–Kier alpha value is -2.81. The van der Waals surface area contributed by atoms with E-state index in [1.54, 1.807) is 13.0 Å². The average Bonchev–Trinajstić information content (AvgIpc) is 2.60. The third-order valence-electron chi connectivity index (χ3n) is 4.34. The van der Waals surface area contributed by atoms with Crippen molar-refractivity contribution in [1.82, 2.24) is 0 Å². The molecule has 2 heterocycles. The van der Waals surface area contributed by atoms with Gasteiger partial charge in [-0.25, -0.2) is 4.79 Å². The number of benzene rings is 1. The first-order valence-electron chi connectivity index (χ1n) is 8.62. The van der Waals surface area contributed by atoms with Crippen molar-refractivity contribution in [3.05, 3.63) is 57.6 Å². The fourth-order valence-corrected chi connectivity index (χ4v) is 3.05. The maximum absolute atomic E-state index is 12.5. The number of ether oxygens (including phenoxy) is 2. The summed E-state index contributed by atoms with van der Waals surface area (Å²) in [6.07, 6.45) is -3.40. The van der Waals surface area contributed by atoms with Crippen molar-refractivity contribution in [1.29, 1.82) is 0 Å². The van der Waals surface area contributed by atoms with Crippen LogP contribution in [0.5, 0.6) is 5.75 Å². The Morgan fingerprint density at radius 2 is 1.93 bits per heavy atom. The number of anilines is 1. The summed E-state index contributed by atoms with van der Waals surface area (Å²) in [5.41, 5.74) is -0.503. The Morgan fingerprint density at radius 1 is 1.21 bits per heavy atom. The Kier molecular flexibility index (Phi) is 5.73. The highest BCUT2D eigenvalue weighted by Gasteiger charge is 2.31. The molecule has 0 bridgehead atoms. The molecule has 6 nitrogen and oxygen atoms in total. The predicted molar refractivity (Wildman–Crippen MR) is 93.6 cm³/mol. The van der Waals surface area contributed by atoms with Gasteiger partial charge in [0.15, 0.2) is 0 Å². The van der Waals surface area contributed by atoms with E-state index in [4.69, 9.17) is 9.15 Å². The molecule has 1 aliphatic rings. The van der Waals surface area contributed by atoms with E-state index >= 15 is 0 Å². The standard InChI is InChI=1S/C19H18F3NO5/c1-11-9-15(12-5-7-26-8-6-12)27-18(25)16(11)17(24)23-13-3-2-4-14(10-13)28-19(20,21)22/h2-4,9-10,12H,5-8H2,1H3,(H,23,24). The van der Waals surface area contributed by atoms with Gasteiger partial charge in [0.25, 0.3) is 5.91 Å². The summed E-state index contributed by atoms with van der Waals surface area (Å²) in [6.45, 7) is 2.76. The van der Waals surface area contributed by atoms with Gasteiger partial charge in [-0.2, -0.15) is 0 Å². The van der Waals surface area contributed by atoms with Gasteiger partial charge in [-0.1, -0.05) is 6.07 Å². The highest BCUT2D eigenvalue weighted by molar-refractivity contribution is 6.05. The average molecular weight is 397 g/mol. The molecule has 0 spiro atoms. The molecule has 1 saturated heterocycles. The zero-order valence-electron chi connectivity index (χ0n) is 15.0. The number of amides is 1. The number of carbonyl (C=O) groups excluding carboxylic acids is 1. The normalized spacial score (nSPS) is 15.3. The second-order valence-electron chi connectivity index (χ2n) is 6.41. The highest BCUT2D eigenvalue weighted by atomic mass is 19.4. The second-order valence-corrected chi connectivity index (χ2v) is 6.41. The van der Waals surface area contributed by atoms with Gasteiger partial charge in [0.2, 0.25) is 0 Å². The van der Waals surface area contributed by atoms with Crippen molar-refractivity contribution in [2.45, 2.75) is 32.0 Å². The van der Waals surface area contributed by atoms with E-state index in [1.807, 2.05) is 0 Å². The molecule has 1 N–H and O–H groups in total. The Balaban J connectivity index is 1.79. The van der Waals surface area contributed by atoms with Gasteiger partial charge in [0.05, 0.1) is 0 Å². The van der Waals surface area contributed by atoms with Crippen LogP contribution in [0, 0.1) is 6.92 Å². The first kappa shape index (κ1) is 19.9. The van der Waals surface area contributed by atoms with Gasteiger partial charge < -0.3 is 19.2 Å². The third kappa shape index (κ3) is 4.92. The van der Waals surface area contributed by atoms with Crippen LogP contribution in [0.1, 0.15) is 40.4 Å². The monoisotopic (exact) mass is 397 g/mol. The maximum atomic E-state index is 12.5. The molecule has 1 aliphatic heterocycles. The molecule has 1 aromatic carbocycles. The van der Waals surface area contributed by atoms with Crippen LogP contribution in [0.4, 0.5) is 18.9 Å². The molecular formula is C19H18F3NO5. The van der Waals surface area contributed by atoms with Crippen LogP contribution in [0.2, 0.25) is 0 Å². The Morgan fingerprint density at radius 3 is 2.57 bits per heavy atom. The van der Waals surface area contributed by atoms with E-state index in [-0.39, 0.29) is 17.2 Å². The lowest BCUT2D eigenvalue weighted by atomic mass is 9.95. The molecule has 9 heteroatoms. The van der Waals surface area contributed by atoms with Gasteiger partial charge in [-0.15, -0.1) is 13.2 Å². The number of halogens is 3. The summed E-state index contributed by atoms with van der Waals surface area (Å²) in [7, 11) is 0. The molecule has 2 aromatic rings. The summed E-state index contributed by atoms with van der Waals surface area (Å²) >= 11 is 0. The highest BCUT2D eigenvalue weighted by Crippen LogP contribution is 2.28. The van der Waals surface area contributed by atoms with Crippen LogP contribution in [0.15, 0.2) is 39.5 Å². The fraction of sp³-hybridized carbons (Fsp3) is 0.368. The molecule has 3 rings (SSSR count). The van der Waals surface area contributed by atoms with Gasteiger partial charge in [0.1, 0.15) is 17.1 Å². The predicted octanol–water partition coefficient (Wildman–Crippen LogP) is 3.99. The minimum atomic E-state index is -4.85. The van der Waals surface area contributed by atoms with Gasteiger partial charge in [0, 0.05) is 30.9 Å². The van der Waals surface area contributed by atoms with Crippen molar-refractivity contribution < 1.29 is 31.9 Å². The lowest BCUT2D eigenvalue weighted by Crippen LogP contribution is -2.24. The quantitative estimate of drug-likeness (QED) is 0.844. The third-order valence-corrected chi connectivity index (χ3v) is 4.34. The molecule has 1 amide bonds. The fourth-order valence-electron chi connectivity index (χ4n) is 3.05. The van der Waals surface area contributed by atoms with E-state index < -0.39 is 23.6 Å². The largest absolute Gasteiger partial charge is 0.573 e. The molecular weight excluding hydrogens is 379 g/mol. The second kappa shape index (κ2) is 8.05. The van der Waals surface area contributed by atoms with E-state index in [0.717, 1.165) is 25.0 Å². The van der Waals surface area contributed by atoms with Crippen LogP contribution in [-0.2, 0) is 4.74 Å². The first-order valence-corrected chi connectivity index (χ1v) is 8.62. The van der Waals surface area contributed by atoms with Crippen molar-refractivity contribution in [2.24, 2.45) is 0 Å². The van der Waals surface area contributed by atoms with Crippen LogP contribution in [0.3, 0.4) is 0 Å². The van der Waals surface area contributed by atoms with Gasteiger partial charge >= 0.3 is 12.0 Å². The van der Waals surface area contributed by atoms with E-state index in [1.165, 1.54) is 12.1 Å². The molecule has 1 fully saturated rings. The molecule has 0 atom stereocenters. The number of carbonyl (C=O) groups is 1. The zero-order valence-corrected chi connectivity index (χ0v) is 15.0. The molecule has 28 heavy (non-hydrogen) atoms. The van der Waals surface area contributed by atoms with Gasteiger partial charge in [-0.3, -0.25) is 4.79 Å². The number of alkyl halides is 3. The number of hydrogen-bond acceptors (Lipinski definition) is 5. The van der Waals surface area contributed by atoms with Crippen LogP contribution >= 0.6 is 0 Å². The smallest absolute Gasteiger partial charge is 0.427 e. The minimum absolute atomic E-state index is 0.0495. The lowest BCUT2D eigenvalue weighted by Gasteiger charge is -2.21. The van der Waals surface area contributed by atoms with Crippen molar-refractivity contribution >= 4 is 11.6 Å². The first-order chi connectivity index (χ1) is 13.2.